The molecule has 190 valence electrons. The first-order chi connectivity index (χ1) is 16.4. The summed E-state index contributed by atoms with van der Waals surface area (Å²) in [5, 5.41) is 7.71. The lowest BCUT2D eigenvalue weighted by Crippen LogP contribution is -2.47. The van der Waals surface area contributed by atoms with Crippen molar-refractivity contribution in [3.63, 3.8) is 0 Å². The van der Waals surface area contributed by atoms with Crippen LogP contribution in [0.2, 0.25) is 19.6 Å². The van der Waals surface area contributed by atoms with Crippen molar-refractivity contribution in [2.24, 2.45) is 5.92 Å². The first kappa shape index (κ1) is 28.1. The molecular formula is C25H33F2N3O4Si. The fourth-order valence-corrected chi connectivity index (χ4v) is 5.24. The fraction of sp³-hybridized carbons (Fsp3) is 0.400. The molecule has 0 bridgehead atoms. The number of hydrogen-bond acceptors (Lipinski definition) is 4. The van der Waals surface area contributed by atoms with Crippen molar-refractivity contribution in [2.75, 3.05) is 25.6 Å². The van der Waals surface area contributed by atoms with Gasteiger partial charge in [-0.25, -0.2) is 8.78 Å². The van der Waals surface area contributed by atoms with Gasteiger partial charge in [0.2, 0.25) is 11.8 Å². The van der Waals surface area contributed by atoms with E-state index in [2.05, 4.69) is 22.5 Å². The first-order valence-corrected chi connectivity index (χ1v) is 14.8. The predicted molar refractivity (Wildman–Crippen MR) is 135 cm³/mol. The van der Waals surface area contributed by atoms with Gasteiger partial charge in [0.25, 0.3) is 5.91 Å². The number of carbonyl (C=O) groups is 3. The Kier molecular flexibility index (Phi) is 9.67. The summed E-state index contributed by atoms with van der Waals surface area (Å²) in [5.74, 6) is -3.58. The summed E-state index contributed by atoms with van der Waals surface area (Å²) < 4.78 is 34.5. The molecule has 3 amide bonds. The van der Waals surface area contributed by atoms with Crippen LogP contribution in [0.5, 0.6) is 0 Å². The number of rotatable bonds is 10. The van der Waals surface area contributed by atoms with E-state index in [4.69, 9.17) is 4.74 Å². The Balaban J connectivity index is 2.30. The molecule has 2 rings (SSSR count). The average molecular weight is 506 g/mol. The highest BCUT2D eigenvalue weighted by Gasteiger charge is 2.32. The molecule has 1 aromatic carbocycles. The zero-order valence-corrected chi connectivity index (χ0v) is 21.8. The van der Waals surface area contributed by atoms with Crippen LogP contribution in [0.1, 0.15) is 13.3 Å². The monoisotopic (exact) mass is 505 g/mol. The third kappa shape index (κ3) is 7.69. The van der Waals surface area contributed by atoms with E-state index in [1.165, 1.54) is 0 Å². The normalized spacial score (nSPS) is 17.3. The van der Waals surface area contributed by atoms with E-state index in [0.717, 1.165) is 17.7 Å². The molecule has 7 nitrogen and oxygen atoms in total. The number of amides is 3. The zero-order chi connectivity index (χ0) is 26.3. The summed E-state index contributed by atoms with van der Waals surface area (Å²) in [6.45, 7) is 11.7. The van der Waals surface area contributed by atoms with Crippen LogP contribution in [0, 0.1) is 17.6 Å². The minimum absolute atomic E-state index is 0.00756. The summed E-state index contributed by atoms with van der Waals surface area (Å²) in [7, 11) is -0.745. The molecule has 0 saturated carbocycles. The van der Waals surface area contributed by atoms with Crippen LogP contribution in [0.15, 0.2) is 48.1 Å². The third-order valence-corrected chi connectivity index (χ3v) is 7.50. The molecule has 0 aliphatic carbocycles. The molecule has 0 aromatic heterocycles. The van der Waals surface area contributed by atoms with Gasteiger partial charge in [-0.3, -0.25) is 14.4 Å². The lowest BCUT2D eigenvalue weighted by atomic mass is 10.0. The summed E-state index contributed by atoms with van der Waals surface area (Å²) >= 11 is 0. The molecule has 1 aliphatic rings. The Morgan fingerprint density at radius 2 is 1.89 bits per heavy atom. The van der Waals surface area contributed by atoms with E-state index >= 15 is 0 Å². The third-order valence-electron chi connectivity index (χ3n) is 5.52. The summed E-state index contributed by atoms with van der Waals surface area (Å²) in [4.78, 5) is 37.4. The van der Waals surface area contributed by atoms with Gasteiger partial charge in [-0.2, -0.15) is 0 Å². The maximum absolute atomic E-state index is 14.7. The molecular weight excluding hydrogens is 472 g/mol. The summed E-state index contributed by atoms with van der Waals surface area (Å²) in [5.41, 5.74) is 0.980. The number of nitrogens with one attached hydrogen (secondary N) is 3. The Bertz CT molecular complexity index is 1040. The van der Waals surface area contributed by atoms with Crippen LogP contribution in [0.4, 0.5) is 14.5 Å². The van der Waals surface area contributed by atoms with Gasteiger partial charge < -0.3 is 20.7 Å². The number of carbonyl (C=O) groups excluding carboxylic acids is 3. The lowest BCUT2D eigenvalue weighted by molar-refractivity contribution is -0.129. The highest BCUT2D eigenvalue weighted by Crippen LogP contribution is 2.18. The molecule has 3 N–H and O–H groups in total. The minimum Gasteiger partial charge on any atom is -0.380 e. The van der Waals surface area contributed by atoms with Crippen LogP contribution in [0.3, 0.4) is 0 Å². The Labute approximate surface area is 205 Å². The van der Waals surface area contributed by atoms with Gasteiger partial charge in [0.1, 0.15) is 17.7 Å². The van der Waals surface area contributed by atoms with Crippen molar-refractivity contribution in [3.05, 3.63) is 59.7 Å². The quantitative estimate of drug-likeness (QED) is 0.337. The van der Waals surface area contributed by atoms with Crippen LogP contribution in [-0.2, 0) is 19.1 Å². The smallest absolute Gasteiger partial charge is 0.251 e. The number of ether oxygens (including phenoxy) is 1. The van der Waals surface area contributed by atoms with Crippen molar-refractivity contribution >= 4 is 36.7 Å². The molecule has 0 unspecified atom stereocenters. The zero-order valence-electron chi connectivity index (χ0n) is 20.8. The number of benzene rings is 1. The second kappa shape index (κ2) is 12.0. The number of halogens is 2. The van der Waals surface area contributed by atoms with E-state index in [9.17, 15) is 23.2 Å². The molecule has 2 atom stereocenters. The molecule has 1 aliphatic heterocycles. The molecule has 1 heterocycles. The Hall–Kier alpha value is -3.11. The number of hydrogen-bond donors (Lipinski definition) is 3. The van der Waals surface area contributed by atoms with E-state index in [1.54, 1.807) is 19.3 Å². The fourth-order valence-electron chi connectivity index (χ4n) is 3.66. The summed E-state index contributed by atoms with van der Waals surface area (Å²) in [6, 6.07) is 0.905. The lowest BCUT2D eigenvalue weighted by Gasteiger charge is -2.22. The van der Waals surface area contributed by atoms with Crippen LogP contribution < -0.4 is 21.1 Å². The van der Waals surface area contributed by atoms with E-state index in [-0.39, 0.29) is 35.3 Å². The average Bonchev–Trinajstić information content (AvgIpc) is 3.19. The van der Waals surface area contributed by atoms with E-state index in [0.29, 0.717) is 6.61 Å². The highest BCUT2D eigenvalue weighted by atomic mass is 28.3. The van der Waals surface area contributed by atoms with Crippen molar-refractivity contribution in [1.82, 2.24) is 10.6 Å². The minimum atomic E-state index is -2.29. The van der Waals surface area contributed by atoms with E-state index < -0.39 is 43.5 Å². The summed E-state index contributed by atoms with van der Waals surface area (Å²) in [6.07, 6.45) is 5.09. The Morgan fingerprint density at radius 3 is 2.37 bits per heavy atom. The molecule has 1 aromatic rings. The maximum atomic E-state index is 14.7. The van der Waals surface area contributed by atoms with Crippen LogP contribution in [0.25, 0.3) is 0 Å². The maximum Gasteiger partial charge on any atom is 0.251 e. The highest BCUT2D eigenvalue weighted by molar-refractivity contribution is 6.88. The van der Waals surface area contributed by atoms with Crippen LogP contribution >= 0.6 is 0 Å². The van der Waals surface area contributed by atoms with Gasteiger partial charge in [0.05, 0.1) is 20.6 Å². The van der Waals surface area contributed by atoms with Crippen molar-refractivity contribution in [2.45, 2.75) is 39.0 Å². The molecule has 1 fully saturated rings. The second-order valence-corrected chi connectivity index (χ2v) is 14.4. The van der Waals surface area contributed by atoms with Gasteiger partial charge in [-0.1, -0.05) is 44.4 Å². The van der Waals surface area contributed by atoms with Crippen molar-refractivity contribution in [1.29, 1.82) is 0 Å². The largest absolute Gasteiger partial charge is 0.380 e. The Morgan fingerprint density at radius 1 is 1.26 bits per heavy atom. The SMILES string of the molecule is C=C(/C=C\C(=C/C)COC)[C@@H](NC(=O)[C@@H]1CNC(=O)C1)C(=O)Nc1cc(F)c([Si](C)(C)C)c(F)c1. The molecule has 35 heavy (non-hydrogen) atoms. The van der Waals surface area contributed by atoms with Crippen molar-refractivity contribution in [3.8, 4) is 0 Å². The number of methoxy groups -OCH3 is 1. The van der Waals surface area contributed by atoms with E-state index in [1.807, 2.05) is 32.6 Å². The van der Waals surface area contributed by atoms with Gasteiger partial charge in [0.15, 0.2) is 0 Å². The predicted octanol–water partition coefficient (Wildman–Crippen LogP) is 2.77. The van der Waals surface area contributed by atoms with Gasteiger partial charge in [-0.05, 0) is 30.2 Å². The molecule has 0 spiro atoms. The second-order valence-electron chi connectivity index (χ2n) is 9.41. The standard InChI is InChI=1S/C25H33F2N3O4Si/c1-7-16(14-34-3)9-8-15(2)22(30-24(32)17-10-21(31)28-13-17)25(33)29-18-11-19(26)23(20(27)12-18)35(4,5)6/h7-9,11-12,17,22H,2,10,13-14H2,1,3-6H3,(H,28,31)(H,29,33)(H,30,32)/b9-8-,16-7+/t17-,22+/m0/s1. The molecule has 10 heteroatoms. The van der Waals surface area contributed by atoms with Crippen molar-refractivity contribution < 1.29 is 27.9 Å². The molecule has 0 radical (unpaired) electrons. The first-order valence-electron chi connectivity index (χ1n) is 11.3. The van der Waals surface area contributed by atoms with Gasteiger partial charge in [-0.15, -0.1) is 0 Å². The topological polar surface area (TPSA) is 96.5 Å². The number of anilines is 1. The van der Waals surface area contributed by atoms with Gasteiger partial charge >= 0.3 is 0 Å². The van der Waals surface area contributed by atoms with Gasteiger partial charge in [0, 0.05) is 30.9 Å². The van der Waals surface area contributed by atoms with Crippen LogP contribution in [-0.4, -0.2) is 52.1 Å². The molecule has 1 saturated heterocycles. The number of allylic oxidation sites excluding steroid dienone is 1.